The Kier molecular flexibility index (Phi) is 8.20. The number of hydrogen-bond acceptors (Lipinski definition) is 3. The molecule has 2 rings (SSSR count). The molecule has 0 aliphatic carbocycles. The van der Waals surface area contributed by atoms with Gasteiger partial charge in [-0.15, -0.1) is 24.0 Å². The summed E-state index contributed by atoms with van der Waals surface area (Å²) in [5.74, 6) is 0.415. The van der Waals surface area contributed by atoms with Crippen molar-refractivity contribution < 1.29 is 4.74 Å². The predicted molar refractivity (Wildman–Crippen MR) is 108 cm³/mol. The Morgan fingerprint density at radius 1 is 1.38 bits per heavy atom. The highest BCUT2D eigenvalue weighted by molar-refractivity contribution is 14.0. The first-order valence-electron chi connectivity index (χ1n) is 7.68. The number of aryl methyl sites for hydroxylation is 2. The van der Waals surface area contributed by atoms with Crippen LogP contribution in [0.15, 0.2) is 35.3 Å². The summed E-state index contributed by atoms with van der Waals surface area (Å²) < 4.78 is 7.02. The summed E-state index contributed by atoms with van der Waals surface area (Å²) in [5.41, 5.74) is 10.1. The number of nitrogens with two attached hydrogens (primary N) is 1. The number of methoxy groups -OCH3 is 1. The van der Waals surface area contributed by atoms with Crippen LogP contribution in [0.4, 0.5) is 0 Å². The Morgan fingerprint density at radius 3 is 2.71 bits per heavy atom. The lowest BCUT2D eigenvalue weighted by molar-refractivity contribution is 0.179. The summed E-state index contributed by atoms with van der Waals surface area (Å²) in [7, 11) is 1.66. The molecular weight excluding hydrogens is 417 g/mol. The summed E-state index contributed by atoms with van der Waals surface area (Å²) in [4.78, 5) is 4.43. The van der Waals surface area contributed by atoms with Crippen molar-refractivity contribution in [3.05, 3.63) is 47.3 Å². The molecule has 0 fully saturated rings. The number of hydrogen-bond donors (Lipinski definition) is 2. The molecule has 3 N–H and O–H groups in total. The minimum absolute atomic E-state index is 0. The van der Waals surface area contributed by atoms with Crippen molar-refractivity contribution in [3.8, 4) is 5.69 Å². The maximum atomic E-state index is 5.94. The van der Waals surface area contributed by atoms with Crippen molar-refractivity contribution in [3.63, 3.8) is 0 Å². The maximum Gasteiger partial charge on any atom is 0.189 e. The second-order valence-corrected chi connectivity index (χ2v) is 5.67. The van der Waals surface area contributed by atoms with Gasteiger partial charge in [0.1, 0.15) is 0 Å². The number of benzene rings is 1. The summed E-state index contributed by atoms with van der Waals surface area (Å²) >= 11 is 0. The molecule has 0 radical (unpaired) electrons. The Morgan fingerprint density at radius 2 is 2.08 bits per heavy atom. The summed E-state index contributed by atoms with van der Waals surface area (Å²) in [6, 6.07) is 10.3. The molecule has 0 amide bonds. The van der Waals surface area contributed by atoms with Crippen molar-refractivity contribution in [1.82, 2.24) is 15.1 Å². The second-order valence-electron chi connectivity index (χ2n) is 5.67. The van der Waals surface area contributed by atoms with Crippen molar-refractivity contribution in [1.29, 1.82) is 0 Å². The number of aliphatic imine (C=N–C) groups is 1. The van der Waals surface area contributed by atoms with E-state index in [4.69, 9.17) is 10.5 Å². The molecule has 1 aromatic heterocycles. The molecular formula is C17H26IN5O. The van der Waals surface area contributed by atoms with Crippen LogP contribution in [0.25, 0.3) is 5.69 Å². The Bertz CT molecular complexity index is 683. The summed E-state index contributed by atoms with van der Waals surface area (Å²) in [5, 5.41) is 7.65. The first kappa shape index (κ1) is 20.4. The van der Waals surface area contributed by atoms with Gasteiger partial charge < -0.3 is 15.8 Å². The van der Waals surface area contributed by atoms with Gasteiger partial charge in [0.05, 0.1) is 24.5 Å². The monoisotopic (exact) mass is 443 g/mol. The summed E-state index contributed by atoms with van der Waals surface area (Å²) in [6.07, 6.45) is 0. The highest BCUT2D eigenvalue weighted by atomic mass is 127. The van der Waals surface area contributed by atoms with Crippen LogP contribution in [-0.4, -0.2) is 35.5 Å². The number of nitrogens with zero attached hydrogens (tertiary/aromatic N) is 3. The van der Waals surface area contributed by atoms with E-state index in [2.05, 4.69) is 21.5 Å². The first-order chi connectivity index (χ1) is 11.0. The normalized spacial score (nSPS) is 12.6. The lowest BCUT2D eigenvalue weighted by Gasteiger charge is -2.14. The molecule has 2 aromatic rings. The lowest BCUT2D eigenvalue weighted by atomic mass is 10.2. The van der Waals surface area contributed by atoms with Crippen LogP contribution < -0.4 is 11.1 Å². The number of halogens is 1. The van der Waals surface area contributed by atoms with Crippen LogP contribution >= 0.6 is 24.0 Å². The molecule has 1 unspecified atom stereocenters. The van der Waals surface area contributed by atoms with E-state index in [1.54, 1.807) is 7.11 Å². The molecule has 0 bridgehead atoms. The van der Waals surface area contributed by atoms with Gasteiger partial charge in [-0.3, -0.25) is 0 Å². The van der Waals surface area contributed by atoms with Crippen molar-refractivity contribution in [2.24, 2.45) is 10.7 Å². The van der Waals surface area contributed by atoms with Crippen molar-refractivity contribution in [2.45, 2.75) is 33.4 Å². The zero-order valence-corrected chi connectivity index (χ0v) is 16.9. The lowest BCUT2D eigenvalue weighted by Crippen LogP contribution is -2.40. The van der Waals surface area contributed by atoms with Gasteiger partial charge in [-0.2, -0.15) is 5.10 Å². The smallest absolute Gasteiger partial charge is 0.189 e. The topological polar surface area (TPSA) is 77.5 Å². The van der Waals surface area contributed by atoms with Crippen LogP contribution in [0.2, 0.25) is 0 Å². The molecule has 0 spiro atoms. The SMILES string of the molecule is COCC(C)NC(N)=NCc1ccccc1-n1nc(C)cc1C.I. The Balaban J connectivity index is 0.00000288. The average molecular weight is 443 g/mol. The molecule has 1 heterocycles. The van der Waals surface area contributed by atoms with E-state index in [9.17, 15) is 0 Å². The van der Waals surface area contributed by atoms with Gasteiger partial charge >= 0.3 is 0 Å². The second kappa shape index (κ2) is 9.63. The van der Waals surface area contributed by atoms with Crippen LogP contribution in [0.5, 0.6) is 0 Å². The molecule has 0 aliphatic heterocycles. The molecule has 1 atom stereocenters. The van der Waals surface area contributed by atoms with Gasteiger partial charge in [0.25, 0.3) is 0 Å². The van der Waals surface area contributed by atoms with E-state index < -0.39 is 0 Å². The van der Waals surface area contributed by atoms with E-state index in [0.29, 0.717) is 19.1 Å². The number of aromatic nitrogens is 2. The van der Waals surface area contributed by atoms with Crippen LogP contribution in [0.1, 0.15) is 23.9 Å². The zero-order valence-electron chi connectivity index (χ0n) is 14.6. The molecule has 24 heavy (non-hydrogen) atoms. The molecule has 0 saturated carbocycles. The molecule has 0 aliphatic rings. The number of rotatable bonds is 6. The standard InChI is InChI=1S/C17H25N5O.HI/c1-12-9-14(3)22(21-12)16-8-6-5-7-15(16)10-19-17(18)20-13(2)11-23-4;/h5-9,13H,10-11H2,1-4H3,(H3,18,19,20);1H. The average Bonchev–Trinajstić information content (AvgIpc) is 2.84. The minimum atomic E-state index is 0. The van der Waals surface area contributed by atoms with E-state index >= 15 is 0 Å². The van der Waals surface area contributed by atoms with E-state index in [1.807, 2.05) is 49.7 Å². The van der Waals surface area contributed by atoms with E-state index in [0.717, 1.165) is 22.6 Å². The van der Waals surface area contributed by atoms with Crippen LogP contribution in [0, 0.1) is 13.8 Å². The van der Waals surface area contributed by atoms with Gasteiger partial charge in [-0.05, 0) is 38.5 Å². The third-order valence-electron chi connectivity index (χ3n) is 3.46. The molecule has 132 valence electrons. The Hall–Kier alpha value is -1.61. The van der Waals surface area contributed by atoms with Gasteiger partial charge in [-0.25, -0.2) is 9.67 Å². The summed E-state index contributed by atoms with van der Waals surface area (Å²) in [6.45, 7) is 7.10. The highest BCUT2D eigenvalue weighted by Crippen LogP contribution is 2.17. The number of guanidine groups is 1. The largest absolute Gasteiger partial charge is 0.383 e. The predicted octanol–water partition coefficient (Wildman–Crippen LogP) is 2.55. The number of para-hydroxylation sites is 1. The molecule has 7 heteroatoms. The fraction of sp³-hybridized carbons (Fsp3) is 0.412. The molecule has 0 saturated heterocycles. The first-order valence-corrected chi connectivity index (χ1v) is 7.68. The number of nitrogens with one attached hydrogen (secondary N) is 1. The van der Waals surface area contributed by atoms with E-state index in [1.165, 1.54) is 0 Å². The highest BCUT2D eigenvalue weighted by Gasteiger charge is 2.08. The third kappa shape index (κ3) is 5.48. The zero-order chi connectivity index (χ0) is 16.8. The third-order valence-corrected chi connectivity index (χ3v) is 3.46. The van der Waals surface area contributed by atoms with Crippen LogP contribution in [0.3, 0.4) is 0 Å². The molecule has 1 aromatic carbocycles. The molecule has 6 nitrogen and oxygen atoms in total. The van der Waals surface area contributed by atoms with Gasteiger partial charge in [0, 0.05) is 18.8 Å². The van der Waals surface area contributed by atoms with Crippen molar-refractivity contribution >= 4 is 29.9 Å². The quantitative estimate of drug-likeness (QED) is 0.409. The maximum absolute atomic E-state index is 5.94. The fourth-order valence-corrected chi connectivity index (χ4v) is 2.48. The fourth-order valence-electron chi connectivity index (χ4n) is 2.48. The van der Waals surface area contributed by atoms with E-state index in [-0.39, 0.29) is 30.0 Å². The van der Waals surface area contributed by atoms with Crippen LogP contribution in [-0.2, 0) is 11.3 Å². The Labute approximate surface area is 160 Å². The van der Waals surface area contributed by atoms with Gasteiger partial charge in [-0.1, -0.05) is 18.2 Å². The number of ether oxygens (including phenoxy) is 1. The minimum Gasteiger partial charge on any atom is -0.383 e. The van der Waals surface area contributed by atoms with Gasteiger partial charge in [0.2, 0.25) is 0 Å². The van der Waals surface area contributed by atoms with Gasteiger partial charge in [0.15, 0.2) is 5.96 Å². The van der Waals surface area contributed by atoms with Crippen molar-refractivity contribution in [2.75, 3.05) is 13.7 Å².